The molecule has 1 amide bonds. The first-order valence-electron chi connectivity index (χ1n) is 8.94. The number of rotatable bonds is 6. The summed E-state index contributed by atoms with van der Waals surface area (Å²) in [6, 6.07) is 23.8. The zero-order valence-corrected chi connectivity index (χ0v) is 15.5. The molecular weight excluding hydrogens is 339 g/mol. The molecule has 138 valence electrons. The quantitative estimate of drug-likeness (QED) is 0.673. The van der Waals surface area contributed by atoms with Gasteiger partial charge in [-0.1, -0.05) is 60.7 Å². The van der Waals surface area contributed by atoms with Crippen molar-refractivity contribution in [3.8, 4) is 11.1 Å². The van der Waals surface area contributed by atoms with Crippen LogP contribution in [0, 0.1) is 5.82 Å². The fraction of sp³-hybridized carbons (Fsp3) is 0.174. The maximum absolute atomic E-state index is 13.4. The summed E-state index contributed by atoms with van der Waals surface area (Å²) in [7, 11) is 1.86. The number of hydrogen-bond donors (Lipinski definition) is 1. The zero-order valence-electron chi connectivity index (χ0n) is 15.5. The minimum atomic E-state index is -0.364. The molecule has 3 aromatic carbocycles. The lowest BCUT2D eigenvalue weighted by atomic mass is 10.0. The van der Waals surface area contributed by atoms with Crippen LogP contribution in [0.5, 0.6) is 0 Å². The molecule has 0 radical (unpaired) electrons. The summed E-state index contributed by atoms with van der Waals surface area (Å²) < 4.78 is 13.4. The van der Waals surface area contributed by atoms with Crippen molar-refractivity contribution in [3.63, 3.8) is 0 Å². The molecule has 1 atom stereocenters. The van der Waals surface area contributed by atoms with Gasteiger partial charge in [0.15, 0.2) is 0 Å². The van der Waals surface area contributed by atoms with Gasteiger partial charge < -0.3 is 5.32 Å². The average Bonchev–Trinajstić information content (AvgIpc) is 2.68. The van der Waals surface area contributed by atoms with Crippen LogP contribution < -0.4 is 5.32 Å². The van der Waals surface area contributed by atoms with E-state index in [0.29, 0.717) is 6.54 Å². The number of nitrogens with one attached hydrogen (secondary N) is 1. The first kappa shape index (κ1) is 18.8. The highest BCUT2D eigenvalue weighted by Crippen LogP contribution is 2.27. The number of nitrogens with zero attached hydrogens (tertiary/aromatic N) is 1. The van der Waals surface area contributed by atoms with Gasteiger partial charge in [-0.25, -0.2) is 4.39 Å². The van der Waals surface area contributed by atoms with Crippen LogP contribution in [0.2, 0.25) is 0 Å². The molecule has 0 unspecified atom stereocenters. The SMILES string of the molecule is C[C@@H](C(=O)Nc1ccccc1-c1ccccc1)N(C)Cc1cccc(F)c1. The molecule has 3 aromatic rings. The maximum atomic E-state index is 13.4. The highest BCUT2D eigenvalue weighted by Gasteiger charge is 2.19. The highest BCUT2D eigenvalue weighted by atomic mass is 19.1. The largest absolute Gasteiger partial charge is 0.324 e. The Morgan fingerprint density at radius 2 is 1.70 bits per heavy atom. The van der Waals surface area contributed by atoms with E-state index in [-0.39, 0.29) is 17.8 Å². The van der Waals surface area contributed by atoms with Gasteiger partial charge >= 0.3 is 0 Å². The van der Waals surface area contributed by atoms with Gasteiger partial charge in [-0.3, -0.25) is 9.69 Å². The van der Waals surface area contributed by atoms with Crippen LogP contribution in [-0.4, -0.2) is 23.9 Å². The lowest BCUT2D eigenvalue weighted by Gasteiger charge is -2.24. The Bertz CT molecular complexity index is 911. The third-order valence-corrected chi connectivity index (χ3v) is 4.63. The number of anilines is 1. The Labute approximate surface area is 159 Å². The van der Waals surface area contributed by atoms with E-state index in [2.05, 4.69) is 5.32 Å². The number of benzene rings is 3. The Hall–Kier alpha value is -2.98. The predicted octanol–water partition coefficient (Wildman–Crippen LogP) is 4.95. The molecule has 0 heterocycles. The van der Waals surface area contributed by atoms with Gasteiger partial charge in [0.25, 0.3) is 0 Å². The van der Waals surface area contributed by atoms with Crippen LogP contribution in [0.3, 0.4) is 0 Å². The number of hydrogen-bond acceptors (Lipinski definition) is 2. The third-order valence-electron chi connectivity index (χ3n) is 4.63. The zero-order chi connectivity index (χ0) is 19.2. The van der Waals surface area contributed by atoms with Gasteiger partial charge in [0.2, 0.25) is 5.91 Å². The number of carbonyl (C=O) groups is 1. The molecule has 3 nitrogen and oxygen atoms in total. The van der Waals surface area contributed by atoms with Crippen molar-refractivity contribution in [1.29, 1.82) is 0 Å². The highest BCUT2D eigenvalue weighted by molar-refractivity contribution is 5.98. The van der Waals surface area contributed by atoms with Crippen molar-refractivity contribution in [2.75, 3.05) is 12.4 Å². The molecule has 0 aliphatic rings. The van der Waals surface area contributed by atoms with Crippen LogP contribution >= 0.6 is 0 Å². The number of halogens is 1. The molecular formula is C23H23FN2O. The Morgan fingerprint density at radius 1 is 1.00 bits per heavy atom. The van der Waals surface area contributed by atoms with E-state index in [1.165, 1.54) is 12.1 Å². The van der Waals surface area contributed by atoms with Gasteiger partial charge in [0.1, 0.15) is 5.82 Å². The summed E-state index contributed by atoms with van der Waals surface area (Å²) in [5.74, 6) is -0.368. The van der Waals surface area contributed by atoms with Gasteiger partial charge in [-0.05, 0) is 43.3 Å². The van der Waals surface area contributed by atoms with E-state index in [1.807, 2.05) is 79.5 Å². The number of likely N-dealkylation sites (N-methyl/N-ethyl adjacent to an activating group) is 1. The van der Waals surface area contributed by atoms with Crippen molar-refractivity contribution in [3.05, 3.63) is 90.2 Å². The normalized spacial score (nSPS) is 12.0. The summed E-state index contributed by atoms with van der Waals surface area (Å²) in [5, 5.41) is 3.03. The molecule has 27 heavy (non-hydrogen) atoms. The maximum Gasteiger partial charge on any atom is 0.241 e. The predicted molar refractivity (Wildman–Crippen MR) is 108 cm³/mol. The molecule has 0 aromatic heterocycles. The molecule has 0 spiro atoms. The second-order valence-electron chi connectivity index (χ2n) is 6.62. The smallest absolute Gasteiger partial charge is 0.241 e. The summed E-state index contributed by atoms with van der Waals surface area (Å²) in [6.07, 6.45) is 0. The van der Waals surface area contributed by atoms with Gasteiger partial charge in [-0.2, -0.15) is 0 Å². The lowest BCUT2D eigenvalue weighted by molar-refractivity contribution is -0.120. The molecule has 0 saturated carbocycles. The van der Waals surface area contributed by atoms with Crippen molar-refractivity contribution in [1.82, 2.24) is 4.90 Å². The van der Waals surface area contributed by atoms with Gasteiger partial charge in [0.05, 0.1) is 6.04 Å². The van der Waals surface area contributed by atoms with E-state index in [0.717, 1.165) is 22.4 Å². The minimum Gasteiger partial charge on any atom is -0.324 e. The van der Waals surface area contributed by atoms with E-state index >= 15 is 0 Å². The van der Waals surface area contributed by atoms with Crippen molar-refractivity contribution in [2.45, 2.75) is 19.5 Å². The second-order valence-corrected chi connectivity index (χ2v) is 6.62. The van der Waals surface area contributed by atoms with Crippen molar-refractivity contribution < 1.29 is 9.18 Å². The summed E-state index contributed by atoms with van der Waals surface area (Å²) in [5.41, 5.74) is 3.64. The molecule has 4 heteroatoms. The van der Waals surface area contributed by atoms with Crippen LogP contribution in [0.15, 0.2) is 78.9 Å². The van der Waals surface area contributed by atoms with E-state index in [4.69, 9.17) is 0 Å². The van der Waals surface area contributed by atoms with E-state index in [9.17, 15) is 9.18 Å². The molecule has 3 rings (SSSR count). The van der Waals surface area contributed by atoms with Crippen LogP contribution in [0.25, 0.3) is 11.1 Å². The third kappa shape index (κ3) is 4.80. The summed E-state index contributed by atoms with van der Waals surface area (Å²) in [6.45, 7) is 2.34. The standard InChI is InChI=1S/C23H23FN2O/c1-17(26(2)16-18-9-8-12-20(24)15-18)23(27)25-22-14-7-6-13-21(22)19-10-4-3-5-11-19/h3-15,17H,16H2,1-2H3,(H,25,27)/t17-/m0/s1. The summed E-state index contributed by atoms with van der Waals surface area (Å²) >= 11 is 0. The molecule has 0 aliphatic heterocycles. The fourth-order valence-corrected chi connectivity index (χ4v) is 2.96. The average molecular weight is 362 g/mol. The molecule has 0 fully saturated rings. The first-order valence-corrected chi connectivity index (χ1v) is 8.94. The van der Waals surface area contributed by atoms with Crippen molar-refractivity contribution in [2.24, 2.45) is 0 Å². The minimum absolute atomic E-state index is 0.0997. The topological polar surface area (TPSA) is 32.3 Å². The number of carbonyl (C=O) groups excluding carboxylic acids is 1. The molecule has 0 bridgehead atoms. The van der Waals surface area contributed by atoms with E-state index < -0.39 is 0 Å². The molecule has 1 N–H and O–H groups in total. The van der Waals surface area contributed by atoms with Crippen LogP contribution in [0.4, 0.5) is 10.1 Å². The Kier molecular flexibility index (Phi) is 5.99. The Balaban J connectivity index is 1.72. The van der Waals surface area contributed by atoms with Crippen LogP contribution in [0.1, 0.15) is 12.5 Å². The molecule has 0 aliphatic carbocycles. The lowest BCUT2D eigenvalue weighted by Crippen LogP contribution is -2.39. The number of amides is 1. The second kappa shape index (κ2) is 8.60. The summed E-state index contributed by atoms with van der Waals surface area (Å²) in [4.78, 5) is 14.7. The van der Waals surface area contributed by atoms with Crippen molar-refractivity contribution >= 4 is 11.6 Å². The number of para-hydroxylation sites is 1. The van der Waals surface area contributed by atoms with Gasteiger partial charge in [-0.15, -0.1) is 0 Å². The van der Waals surface area contributed by atoms with E-state index in [1.54, 1.807) is 6.07 Å². The fourth-order valence-electron chi connectivity index (χ4n) is 2.96. The first-order chi connectivity index (χ1) is 13.0. The van der Waals surface area contributed by atoms with Crippen LogP contribution in [-0.2, 0) is 11.3 Å². The van der Waals surface area contributed by atoms with Gasteiger partial charge in [0, 0.05) is 17.8 Å². The molecule has 0 saturated heterocycles. The monoisotopic (exact) mass is 362 g/mol. The Morgan fingerprint density at radius 3 is 2.44 bits per heavy atom.